The van der Waals surface area contributed by atoms with E-state index in [4.69, 9.17) is 32.7 Å². The fourth-order valence-electron chi connectivity index (χ4n) is 1.09. The number of rotatable bonds is 3. The van der Waals surface area contributed by atoms with E-state index in [1.807, 2.05) is 0 Å². The number of ether oxygens (including phenoxy) is 2. The molecule has 0 aromatic heterocycles. The second-order valence-corrected chi connectivity index (χ2v) is 3.23. The molecule has 0 spiro atoms. The molecule has 0 saturated heterocycles. The average Bonchev–Trinajstić information content (AvgIpc) is 2.20. The molecule has 0 N–H and O–H groups in total. The second kappa shape index (κ2) is 4.53. The number of aldehydes is 1. The highest BCUT2D eigenvalue weighted by atomic mass is 35.5. The molecule has 0 heterocycles. The normalized spacial score (nSPS) is 9.71. The van der Waals surface area contributed by atoms with Gasteiger partial charge in [-0.2, -0.15) is 0 Å². The Morgan fingerprint density at radius 2 is 1.79 bits per heavy atom. The van der Waals surface area contributed by atoms with Crippen molar-refractivity contribution in [3.63, 3.8) is 0 Å². The van der Waals surface area contributed by atoms with Gasteiger partial charge in [-0.15, -0.1) is 0 Å². The van der Waals surface area contributed by atoms with Crippen LogP contribution in [0, 0.1) is 0 Å². The molecule has 0 atom stereocenters. The van der Waals surface area contributed by atoms with Crippen molar-refractivity contribution < 1.29 is 14.3 Å². The molecule has 0 aliphatic carbocycles. The van der Waals surface area contributed by atoms with Crippen LogP contribution < -0.4 is 9.47 Å². The molecule has 0 fully saturated rings. The molecule has 14 heavy (non-hydrogen) atoms. The molecule has 0 aliphatic rings. The van der Waals surface area contributed by atoms with E-state index in [1.165, 1.54) is 20.3 Å². The van der Waals surface area contributed by atoms with Crippen molar-refractivity contribution in [2.75, 3.05) is 14.2 Å². The Balaban J connectivity index is 3.49. The predicted molar refractivity (Wildman–Crippen MR) is 55.0 cm³/mol. The van der Waals surface area contributed by atoms with Gasteiger partial charge < -0.3 is 9.47 Å². The summed E-state index contributed by atoms with van der Waals surface area (Å²) < 4.78 is 9.98. The smallest absolute Gasteiger partial charge is 0.181 e. The zero-order valence-electron chi connectivity index (χ0n) is 7.64. The molecular formula is C9H8Cl2O3. The molecule has 3 nitrogen and oxygen atoms in total. The monoisotopic (exact) mass is 234 g/mol. The largest absolute Gasteiger partial charge is 0.492 e. The first-order valence-electron chi connectivity index (χ1n) is 3.70. The molecule has 0 unspecified atom stereocenters. The molecule has 0 radical (unpaired) electrons. The predicted octanol–water partition coefficient (Wildman–Crippen LogP) is 2.82. The van der Waals surface area contributed by atoms with Crippen LogP contribution in [0.1, 0.15) is 10.4 Å². The van der Waals surface area contributed by atoms with Gasteiger partial charge in [0.15, 0.2) is 17.8 Å². The summed E-state index contributed by atoms with van der Waals surface area (Å²) in [5.74, 6) is 0.556. The van der Waals surface area contributed by atoms with E-state index in [0.29, 0.717) is 11.8 Å². The number of carbonyl (C=O) groups excluding carboxylic acids is 1. The number of benzene rings is 1. The standard InChI is InChI=1S/C9H8Cl2O3/c1-13-8-5(4-12)3-6(10)7(11)9(8)14-2/h3-4H,1-2H3. The van der Waals surface area contributed by atoms with Crippen molar-refractivity contribution in [3.8, 4) is 11.5 Å². The van der Waals surface area contributed by atoms with Crippen LogP contribution in [0.15, 0.2) is 6.07 Å². The van der Waals surface area contributed by atoms with E-state index >= 15 is 0 Å². The number of carbonyl (C=O) groups is 1. The topological polar surface area (TPSA) is 35.5 Å². The summed E-state index contributed by atoms with van der Waals surface area (Å²) in [6.07, 6.45) is 0.629. The first-order chi connectivity index (χ1) is 6.65. The molecule has 0 bridgehead atoms. The van der Waals surface area contributed by atoms with Gasteiger partial charge in [-0.1, -0.05) is 23.2 Å². The number of methoxy groups -OCH3 is 2. The van der Waals surface area contributed by atoms with Crippen molar-refractivity contribution in [3.05, 3.63) is 21.7 Å². The van der Waals surface area contributed by atoms with Gasteiger partial charge in [0, 0.05) is 0 Å². The van der Waals surface area contributed by atoms with E-state index in [0.717, 1.165) is 0 Å². The Hall–Kier alpha value is -0.930. The van der Waals surface area contributed by atoms with Crippen LogP contribution in [0.3, 0.4) is 0 Å². The molecule has 76 valence electrons. The van der Waals surface area contributed by atoms with Crippen LogP contribution in [0.2, 0.25) is 10.0 Å². The maximum absolute atomic E-state index is 10.7. The lowest BCUT2D eigenvalue weighted by molar-refractivity contribution is 0.112. The summed E-state index contributed by atoms with van der Waals surface area (Å²) in [6, 6.07) is 1.43. The van der Waals surface area contributed by atoms with Gasteiger partial charge in [-0.05, 0) is 6.07 Å². The fraction of sp³-hybridized carbons (Fsp3) is 0.222. The SMILES string of the molecule is COc1c(C=O)cc(Cl)c(Cl)c1OC. The first-order valence-corrected chi connectivity index (χ1v) is 4.46. The summed E-state index contributed by atoms with van der Waals surface area (Å²) in [5, 5.41) is 0.489. The Kier molecular flexibility index (Phi) is 3.61. The summed E-state index contributed by atoms with van der Waals surface area (Å²) in [7, 11) is 2.85. The highest BCUT2D eigenvalue weighted by Crippen LogP contribution is 2.41. The molecule has 1 rings (SSSR count). The lowest BCUT2D eigenvalue weighted by Gasteiger charge is -2.12. The molecule has 0 aliphatic heterocycles. The Bertz CT molecular complexity index is 364. The van der Waals surface area contributed by atoms with Gasteiger partial charge in [-0.25, -0.2) is 0 Å². The van der Waals surface area contributed by atoms with Crippen molar-refractivity contribution in [2.45, 2.75) is 0 Å². The Morgan fingerprint density at radius 1 is 1.21 bits per heavy atom. The summed E-state index contributed by atoms with van der Waals surface area (Å²) in [4.78, 5) is 10.7. The van der Waals surface area contributed by atoms with Crippen LogP contribution >= 0.6 is 23.2 Å². The molecular weight excluding hydrogens is 227 g/mol. The maximum atomic E-state index is 10.7. The van der Waals surface area contributed by atoms with E-state index in [-0.39, 0.29) is 21.5 Å². The summed E-state index contributed by atoms with van der Waals surface area (Å²) in [6.45, 7) is 0. The van der Waals surface area contributed by atoms with Crippen LogP contribution in [0.5, 0.6) is 11.5 Å². The van der Waals surface area contributed by atoms with Crippen LogP contribution in [-0.2, 0) is 0 Å². The van der Waals surface area contributed by atoms with Gasteiger partial charge in [-0.3, -0.25) is 4.79 Å². The van der Waals surface area contributed by atoms with Crippen LogP contribution in [-0.4, -0.2) is 20.5 Å². The van der Waals surface area contributed by atoms with Crippen LogP contribution in [0.25, 0.3) is 0 Å². The lowest BCUT2D eigenvalue weighted by atomic mass is 10.2. The maximum Gasteiger partial charge on any atom is 0.181 e. The van der Waals surface area contributed by atoms with Crippen LogP contribution in [0.4, 0.5) is 0 Å². The molecule has 0 amide bonds. The number of hydrogen-bond donors (Lipinski definition) is 0. The van der Waals surface area contributed by atoms with Crippen molar-refractivity contribution >= 4 is 29.5 Å². The Labute approximate surface area is 91.5 Å². The van der Waals surface area contributed by atoms with Gasteiger partial charge >= 0.3 is 0 Å². The molecule has 1 aromatic carbocycles. The third-order valence-corrected chi connectivity index (χ3v) is 2.46. The summed E-state index contributed by atoms with van der Waals surface area (Å²) in [5.41, 5.74) is 0.304. The highest BCUT2D eigenvalue weighted by Gasteiger charge is 2.16. The van der Waals surface area contributed by atoms with Crippen molar-refractivity contribution in [2.24, 2.45) is 0 Å². The number of halogens is 2. The van der Waals surface area contributed by atoms with Gasteiger partial charge in [0.1, 0.15) is 5.02 Å². The molecule has 0 saturated carbocycles. The quantitative estimate of drug-likeness (QED) is 0.755. The third kappa shape index (κ3) is 1.79. The zero-order valence-corrected chi connectivity index (χ0v) is 9.15. The van der Waals surface area contributed by atoms with Gasteiger partial charge in [0.25, 0.3) is 0 Å². The Morgan fingerprint density at radius 3 is 2.21 bits per heavy atom. The minimum Gasteiger partial charge on any atom is -0.492 e. The van der Waals surface area contributed by atoms with E-state index in [1.54, 1.807) is 0 Å². The molecule has 1 aromatic rings. The van der Waals surface area contributed by atoms with Gasteiger partial charge in [0.2, 0.25) is 0 Å². The lowest BCUT2D eigenvalue weighted by Crippen LogP contribution is -1.96. The highest BCUT2D eigenvalue weighted by molar-refractivity contribution is 6.43. The first kappa shape index (κ1) is 11.1. The summed E-state index contributed by atoms with van der Waals surface area (Å²) >= 11 is 11.6. The zero-order chi connectivity index (χ0) is 10.7. The van der Waals surface area contributed by atoms with E-state index in [9.17, 15) is 4.79 Å². The minimum atomic E-state index is 0.233. The second-order valence-electron chi connectivity index (χ2n) is 2.45. The van der Waals surface area contributed by atoms with Crippen molar-refractivity contribution in [1.29, 1.82) is 0 Å². The van der Waals surface area contributed by atoms with Gasteiger partial charge in [0.05, 0.1) is 24.8 Å². The third-order valence-electron chi connectivity index (χ3n) is 1.69. The van der Waals surface area contributed by atoms with Crippen molar-refractivity contribution in [1.82, 2.24) is 0 Å². The fourth-order valence-corrected chi connectivity index (χ4v) is 1.51. The molecule has 5 heteroatoms. The van der Waals surface area contributed by atoms with E-state index < -0.39 is 0 Å². The number of hydrogen-bond acceptors (Lipinski definition) is 3. The average molecular weight is 235 g/mol. The van der Waals surface area contributed by atoms with E-state index in [2.05, 4.69) is 0 Å². The minimum absolute atomic E-state index is 0.233.